The Labute approximate surface area is 112 Å². The zero-order valence-corrected chi connectivity index (χ0v) is 11.1. The minimum Gasteiger partial charge on any atom is -0.299 e. The van der Waals surface area contributed by atoms with Crippen LogP contribution in [0.15, 0.2) is 18.2 Å². The van der Waals surface area contributed by atoms with Crippen LogP contribution in [0, 0.1) is 21.8 Å². The van der Waals surface area contributed by atoms with Gasteiger partial charge in [0.1, 0.15) is 0 Å². The van der Waals surface area contributed by atoms with E-state index in [1.165, 1.54) is 31.4 Å². The second kappa shape index (κ2) is 6.10. The van der Waals surface area contributed by atoms with Crippen LogP contribution in [0.3, 0.4) is 0 Å². The Morgan fingerprint density at radius 3 is 2.63 bits per heavy atom. The number of piperidine rings is 1. The molecular weight excluding hydrogens is 247 g/mol. The van der Waals surface area contributed by atoms with Crippen molar-refractivity contribution in [2.45, 2.75) is 32.7 Å². The number of nitrogens with zero attached hydrogens (tertiary/aromatic N) is 2. The van der Waals surface area contributed by atoms with E-state index >= 15 is 0 Å². The summed E-state index contributed by atoms with van der Waals surface area (Å²) < 4.78 is 13.5. The predicted molar refractivity (Wildman–Crippen MR) is 71.3 cm³/mol. The first-order valence-electron chi connectivity index (χ1n) is 6.75. The number of nitro groups is 1. The SMILES string of the molecule is CCC1CCN(Cc2ccc([N+](=O)[O-])c(F)c2)CC1. The molecule has 0 aliphatic carbocycles. The molecule has 0 spiro atoms. The average molecular weight is 266 g/mol. The van der Waals surface area contributed by atoms with Crippen molar-refractivity contribution in [3.8, 4) is 0 Å². The highest BCUT2D eigenvalue weighted by molar-refractivity contribution is 5.34. The van der Waals surface area contributed by atoms with Gasteiger partial charge in [0.25, 0.3) is 0 Å². The van der Waals surface area contributed by atoms with E-state index < -0.39 is 16.4 Å². The number of nitro benzene ring substituents is 1. The molecule has 2 rings (SSSR count). The van der Waals surface area contributed by atoms with E-state index in [1.54, 1.807) is 6.07 Å². The summed E-state index contributed by atoms with van der Waals surface area (Å²) in [5.41, 5.74) is 0.353. The Kier molecular flexibility index (Phi) is 4.47. The second-order valence-electron chi connectivity index (χ2n) is 5.17. The fraction of sp³-hybridized carbons (Fsp3) is 0.571. The maximum Gasteiger partial charge on any atom is 0.304 e. The molecule has 0 aromatic heterocycles. The highest BCUT2D eigenvalue weighted by Crippen LogP contribution is 2.23. The van der Waals surface area contributed by atoms with Crippen LogP contribution in [0.5, 0.6) is 0 Å². The van der Waals surface area contributed by atoms with E-state index in [0.29, 0.717) is 6.54 Å². The molecule has 0 atom stereocenters. The van der Waals surface area contributed by atoms with Crippen molar-refractivity contribution in [1.29, 1.82) is 0 Å². The molecule has 0 radical (unpaired) electrons. The molecule has 1 aromatic carbocycles. The first-order chi connectivity index (χ1) is 9.10. The topological polar surface area (TPSA) is 46.4 Å². The molecule has 0 amide bonds. The predicted octanol–water partition coefficient (Wildman–Crippen LogP) is 3.36. The summed E-state index contributed by atoms with van der Waals surface area (Å²) in [5.74, 6) is 0.0655. The number of rotatable bonds is 4. The summed E-state index contributed by atoms with van der Waals surface area (Å²) in [5, 5.41) is 10.5. The van der Waals surface area contributed by atoms with Crippen LogP contribution in [0.2, 0.25) is 0 Å². The molecule has 5 heteroatoms. The van der Waals surface area contributed by atoms with Crippen LogP contribution < -0.4 is 0 Å². The van der Waals surface area contributed by atoms with Gasteiger partial charge < -0.3 is 0 Å². The van der Waals surface area contributed by atoms with Gasteiger partial charge in [0.05, 0.1) is 4.92 Å². The number of benzene rings is 1. The summed E-state index contributed by atoms with van der Waals surface area (Å²) in [6, 6.07) is 4.18. The lowest BCUT2D eigenvalue weighted by molar-refractivity contribution is -0.387. The van der Waals surface area contributed by atoms with Gasteiger partial charge in [-0.1, -0.05) is 19.4 Å². The number of hydrogen-bond donors (Lipinski definition) is 0. The monoisotopic (exact) mass is 266 g/mol. The molecule has 0 unspecified atom stereocenters. The Balaban J connectivity index is 1.97. The minimum atomic E-state index is -0.744. The fourth-order valence-electron chi connectivity index (χ4n) is 2.61. The number of halogens is 1. The summed E-state index contributed by atoms with van der Waals surface area (Å²) in [6.07, 6.45) is 3.60. The quantitative estimate of drug-likeness (QED) is 0.620. The lowest BCUT2D eigenvalue weighted by Crippen LogP contribution is -2.33. The third-order valence-corrected chi connectivity index (χ3v) is 3.90. The van der Waals surface area contributed by atoms with Crippen LogP contribution in [0.25, 0.3) is 0 Å². The van der Waals surface area contributed by atoms with E-state index in [-0.39, 0.29) is 0 Å². The third kappa shape index (κ3) is 3.50. The first kappa shape index (κ1) is 13.9. The van der Waals surface area contributed by atoms with Gasteiger partial charge >= 0.3 is 5.69 Å². The van der Waals surface area contributed by atoms with Gasteiger partial charge in [-0.25, -0.2) is 0 Å². The molecule has 1 saturated heterocycles. The van der Waals surface area contributed by atoms with Crippen molar-refractivity contribution < 1.29 is 9.31 Å². The van der Waals surface area contributed by atoms with Gasteiger partial charge in [-0.15, -0.1) is 0 Å². The van der Waals surface area contributed by atoms with Crippen molar-refractivity contribution >= 4 is 5.69 Å². The van der Waals surface area contributed by atoms with Crippen molar-refractivity contribution in [1.82, 2.24) is 4.90 Å². The lowest BCUT2D eigenvalue weighted by atomic mass is 9.94. The van der Waals surface area contributed by atoms with Crippen molar-refractivity contribution in [2.75, 3.05) is 13.1 Å². The van der Waals surface area contributed by atoms with Gasteiger partial charge in [0, 0.05) is 12.6 Å². The molecule has 1 aliphatic rings. The van der Waals surface area contributed by atoms with Gasteiger partial charge in [-0.3, -0.25) is 15.0 Å². The molecule has 1 heterocycles. The van der Waals surface area contributed by atoms with Crippen molar-refractivity contribution in [2.24, 2.45) is 5.92 Å². The molecule has 19 heavy (non-hydrogen) atoms. The van der Waals surface area contributed by atoms with Crippen LogP contribution in [-0.2, 0) is 6.54 Å². The largest absolute Gasteiger partial charge is 0.304 e. The van der Waals surface area contributed by atoms with Gasteiger partial charge in [-0.05, 0) is 43.5 Å². The highest BCUT2D eigenvalue weighted by Gasteiger charge is 2.19. The second-order valence-corrected chi connectivity index (χ2v) is 5.17. The summed E-state index contributed by atoms with van der Waals surface area (Å²) in [7, 11) is 0. The molecular formula is C14H19FN2O2. The first-order valence-corrected chi connectivity index (χ1v) is 6.75. The molecule has 0 N–H and O–H groups in total. The molecule has 4 nitrogen and oxygen atoms in total. The Bertz CT molecular complexity index is 457. The molecule has 1 aromatic rings. The van der Waals surface area contributed by atoms with Crippen LogP contribution >= 0.6 is 0 Å². The molecule has 0 saturated carbocycles. The number of hydrogen-bond acceptors (Lipinski definition) is 3. The van der Waals surface area contributed by atoms with E-state index in [2.05, 4.69) is 11.8 Å². The van der Waals surface area contributed by atoms with E-state index in [9.17, 15) is 14.5 Å². The Hall–Kier alpha value is -1.49. The van der Waals surface area contributed by atoms with Gasteiger partial charge in [0.2, 0.25) is 5.82 Å². The zero-order valence-electron chi connectivity index (χ0n) is 11.1. The zero-order chi connectivity index (χ0) is 13.8. The maximum atomic E-state index is 13.5. The average Bonchev–Trinajstić information content (AvgIpc) is 2.39. The standard InChI is InChI=1S/C14H19FN2O2/c1-2-11-5-7-16(8-6-11)10-12-3-4-14(17(18)19)13(15)9-12/h3-4,9,11H,2,5-8,10H2,1H3. The van der Waals surface area contributed by atoms with E-state index in [1.807, 2.05) is 0 Å². The fourth-order valence-corrected chi connectivity index (χ4v) is 2.61. The summed E-state index contributed by atoms with van der Waals surface area (Å²) in [4.78, 5) is 12.1. The molecule has 1 fully saturated rings. The molecule has 1 aliphatic heterocycles. The minimum absolute atomic E-state index is 0.451. The maximum absolute atomic E-state index is 13.5. The van der Waals surface area contributed by atoms with Crippen LogP contribution in [0.4, 0.5) is 10.1 Å². The van der Waals surface area contributed by atoms with Gasteiger partial charge in [0.15, 0.2) is 0 Å². The summed E-state index contributed by atoms with van der Waals surface area (Å²) in [6.45, 7) is 4.94. The summed E-state index contributed by atoms with van der Waals surface area (Å²) >= 11 is 0. The van der Waals surface area contributed by atoms with Crippen molar-refractivity contribution in [3.05, 3.63) is 39.7 Å². The lowest BCUT2D eigenvalue weighted by Gasteiger charge is -2.31. The smallest absolute Gasteiger partial charge is 0.299 e. The Morgan fingerprint density at radius 2 is 2.11 bits per heavy atom. The highest BCUT2D eigenvalue weighted by atomic mass is 19.1. The normalized spacial score (nSPS) is 17.6. The van der Waals surface area contributed by atoms with Crippen LogP contribution in [0.1, 0.15) is 31.7 Å². The number of likely N-dealkylation sites (tertiary alicyclic amines) is 1. The molecule has 104 valence electrons. The van der Waals surface area contributed by atoms with E-state index in [0.717, 1.165) is 24.6 Å². The third-order valence-electron chi connectivity index (χ3n) is 3.90. The Morgan fingerprint density at radius 1 is 1.42 bits per heavy atom. The van der Waals surface area contributed by atoms with Crippen LogP contribution in [-0.4, -0.2) is 22.9 Å². The van der Waals surface area contributed by atoms with Crippen molar-refractivity contribution in [3.63, 3.8) is 0 Å². The van der Waals surface area contributed by atoms with Gasteiger partial charge in [-0.2, -0.15) is 4.39 Å². The molecule has 0 bridgehead atoms. The van der Waals surface area contributed by atoms with E-state index in [4.69, 9.17) is 0 Å².